The van der Waals surface area contributed by atoms with E-state index in [2.05, 4.69) is 25.0 Å². The van der Waals surface area contributed by atoms with Gasteiger partial charge in [0.15, 0.2) is 0 Å². The highest BCUT2D eigenvalue weighted by Gasteiger charge is 1.85. The predicted molar refractivity (Wildman–Crippen MR) is 32.2 cm³/mol. The molecule has 0 saturated carbocycles. The molecule has 0 saturated heterocycles. The van der Waals surface area contributed by atoms with Gasteiger partial charge in [-0.05, 0) is 13.5 Å². The molecule has 0 bridgehead atoms. The second kappa shape index (κ2) is 3.37. The molecule has 0 aliphatic rings. The zero-order valence-corrected chi connectivity index (χ0v) is 5.65. The van der Waals surface area contributed by atoms with Gasteiger partial charge in [-0.25, -0.2) is 0 Å². The van der Waals surface area contributed by atoms with Crippen molar-refractivity contribution in [3.63, 3.8) is 0 Å². The van der Waals surface area contributed by atoms with Crippen LogP contribution in [-0.2, 0) is 0 Å². The molecule has 0 aliphatic heterocycles. The number of nitrogens with one attached hydrogen (secondary N) is 1. The standard InChI is InChI=1S/C4H12NSi/c1-4-5-6(2)3/h5-6H,1,4H2,2-3H3. The third kappa shape index (κ3) is 4.18. The summed E-state index contributed by atoms with van der Waals surface area (Å²) in [4.78, 5) is 3.24. The fourth-order valence-corrected chi connectivity index (χ4v) is 0.866. The number of hydrogen-bond acceptors (Lipinski definition) is 1. The Balaban J connectivity index is 2.63. The van der Waals surface area contributed by atoms with E-state index in [1.54, 1.807) is 0 Å². The van der Waals surface area contributed by atoms with Crippen molar-refractivity contribution in [2.75, 3.05) is 6.54 Å². The van der Waals surface area contributed by atoms with Crippen LogP contribution in [0.25, 0.3) is 0 Å². The molecule has 6 heavy (non-hydrogen) atoms. The van der Waals surface area contributed by atoms with Crippen LogP contribution in [0.2, 0.25) is 13.1 Å². The van der Waals surface area contributed by atoms with Crippen LogP contribution < -0.4 is 4.98 Å². The molecule has 1 N–H and O–H groups in total. The fraction of sp³-hybridized carbons (Fsp3) is 0.750. The van der Waals surface area contributed by atoms with Gasteiger partial charge in [0, 0.05) is 0 Å². The van der Waals surface area contributed by atoms with E-state index in [0.29, 0.717) is 0 Å². The topological polar surface area (TPSA) is 12.0 Å². The molecule has 0 spiro atoms. The lowest BCUT2D eigenvalue weighted by molar-refractivity contribution is 1.07. The van der Waals surface area contributed by atoms with Crippen molar-refractivity contribution in [2.45, 2.75) is 13.1 Å². The smallest absolute Gasteiger partial charge is 0.102 e. The third-order valence-corrected chi connectivity index (χ3v) is 1.66. The van der Waals surface area contributed by atoms with E-state index in [-0.39, 0.29) is 0 Å². The highest BCUT2D eigenvalue weighted by molar-refractivity contribution is 6.52. The first kappa shape index (κ1) is 6.18. The first-order valence-electron chi connectivity index (χ1n) is 2.30. The lowest BCUT2D eigenvalue weighted by Gasteiger charge is -1.98. The summed E-state index contributed by atoms with van der Waals surface area (Å²) in [6, 6.07) is 0. The predicted octanol–water partition coefficient (Wildman–Crippen LogP) is 0.393. The van der Waals surface area contributed by atoms with Crippen molar-refractivity contribution >= 4 is 8.96 Å². The minimum atomic E-state index is -0.483. The molecule has 0 aromatic rings. The van der Waals surface area contributed by atoms with Gasteiger partial charge in [-0.15, -0.1) is 0 Å². The molecule has 0 rings (SSSR count). The lowest BCUT2D eigenvalue weighted by Crippen LogP contribution is -2.26. The van der Waals surface area contributed by atoms with E-state index in [4.69, 9.17) is 0 Å². The minimum absolute atomic E-state index is 0.483. The van der Waals surface area contributed by atoms with Crippen molar-refractivity contribution in [1.82, 2.24) is 4.98 Å². The van der Waals surface area contributed by atoms with Crippen molar-refractivity contribution in [1.29, 1.82) is 0 Å². The molecular weight excluding hydrogens is 90.1 g/mol. The molecule has 37 valence electrons. The first-order chi connectivity index (χ1) is 2.77. The Bertz CT molecular complexity index is 28.7. The highest BCUT2D eigenvalue weighted by Crippen LogP contribution is 1.66. The molecule has 1 nitrogen and oxygen atoms in total. The quantitative estimate of drug-likeness (QED) is 0.497. The van der Waals surface area contributed by atoms with Gasteiger partial charge in [-0.1, -0.05) is 13.1 Å². The normalized spacial score (nSPS) is 10.0. The fourth-order valence-electron chi connectivity index (χ4n) is 0.289. The Labute approximate surface area is 41.4 Å². The maximum atomic E-state index is 3.65. The molecule has 0 unspecified atom stereocenters. The van der Waals surface area contributed by atoms with Crippen LogP contribution in [0.15, 0.2) is 0 Å². The van der Waals surface area contributed by atoms with Gasteiger partial charge < -0.3 is 4.98 Å². The van der Waals surface area contributed by atoms with Crippen LogP contribution in [0.1, 0.15) is 0 Å². The molecule has 0 heterocycles. The number of rotatable bonds is 2. The van der Waals surface area contributed by atoms with E-state index in [9.17, 15) is 0 Å². The van der Waals surface area contributed by atoms with E-state index >= 15 is 0 Å². The Kier molecular flexibility index (Phi) is 3.47. The SMILES string of the molecule is [CH2]CN[SiH](C)C. The first-order valence-corrected chi connectivity index (χ1v) is 5.18. The third-order valence-electron chi connectivity index (χ3n) is 0.553. The van der Waals surface area contributed by atoms with Crippen molar-refractivity contribution in [3.8, 4) is 0 Å². The monoisotopic (exact) mass is 102 g/mol. The average molecular weight is 102 g/mol. The van der Waals surface area contributed by atoms with E-state index < -0.39 is 8.96 Å². The summed E-state index contributed by atoms with van der Waals surface area (Å²) in [5.41, 5.74) is 0. The van der Waals surface area contributed by atoms with Crippen LogP contribution in [0, 0.1) is 6.92 Å². The Morgan fingerprint density at radius 2 is 2.17 bits per heavy atom. The maximum absolute atomic E-state index is 3.65. The summed E-state index contributed by atoms with van der Waals surface area (Å²) in [7, 11) is -0.483. The van der Waals surface area contributed by atoms with Gasteiger partial charge >= 0.3 is 0 Å². The second-order valence-corrected chi connectivity index (χ2v) is 4.33. The minimum Gasteiger partial charge on any atom is -0.340 e. The molecule has 2 heteroatoms. The summed E-state index contributed by atoms with van der Waals surface area (Å²) in [6.45, 7) is 9.02. The summed E-state index contributed by atoms with van der Waals surface area (Å²) < 4.78 is 0. The van der Waals surface area contributed by atoms with Gasteiger partial charge in [0.25, 0.3) is 0 Å². The van der Waals surface area contributed by atoms with E-state index in [1.807, 2.05) is 0 Å². The van der Waals surface area contributed by atoms with Gasteiger partial charge in [0.05, 0.1) is 0 Å². The Morgan fingerprint density at radius 1 is 1.67 bits per heavy atom. The van der Waals surface area contributed by atoms with Crippen molar-refractivity contribution in [3.05, 3.63) is 6.92 Å². The summed E-state index contributed by atoms with van der Waals surface area (Å²) in [5.74, 6) is 0. The zero-order chi connectivity index (χ0) is 4.99. The van der Waals surface area contributed by atoms with Gasteiger partial charge in [0.1, 0.15) is 8.96 Å². The van der Waals surface area contributed by atoms with Crippen LogP contribution in [0.4, 0.5) is 0 Å². The van der Waals surface area contributed by atoms with Crippen molar-refractivity contribution < 1.29 is 0 Å². The largest absolute Gasteiger partial charge is 0.340 e. The maximum Gasteiger partial charge on any atom is 0.102 e. The summed E-state index contributed by atoms with van der Waals surface area (Å²) >= 11 is 0. The lowest BCUT2D eigenvalue weighted by atomic mass is 10.8. The molecule has 1 radical (unpaired) electrons. The molecule has 0 aromatic heterocycles. The van der Waals surface area contributed by atoms with Gasteiger partial charge in [0.2, 0.25) is 0 Å². The van der Waals surface area contributed by atoms with E-state index in [1.165, 1.54) is 0 Å². The zero-order valence-electron chi connectivity index (χ0n) is 4.49. The van der Waals surface area contributed by atoms with Crippen LogP contribution in [0.3, 0.4) is 0 Å². The van der Waals surface area contributed by atoms with Gasteiger partial charge in [-0.3, -0.25) is 0 Å². The van der Waals surface area contributed by atoms with Crippen LogP contribution >= 0.6 is 0 Å². The number of hydrogen-bond donors (Lipinski definition) is 1. The second-order valence-electron chi connectivity index (χ2n) is 1.61. The summed E-state index contributed by atoms with van der Waals surface area (Å²) in [6.07, 6.45) is 0. The molecular formula is C4H12NSi. The van der Waals surface area contributed by atoms with Crippen LogP contribution in [-0.4, -0.2) is 15.5 Å². The van der Waals surface area contributed by atoms with Gasteiger partial charge in [-0.2, -0.15) is 0 Å². The molecule has 0 aliphatic carbocycles. The average Bonchev–Trinajstić information content (AvgIpc) is 1.35. The highest BCUT2D eigenvalue weighted by atomic mass is 28.3. The van der Waals surface area contributed by atoms with Crippen LogP contribution in [0.5, 0.6) is 0 Å². The molecule has 0 fully saturated rings. The summed E-state index contributed by atoms with van der Waals surface area (Å²) in [5, 5.41) is 0. The van der Waals surface area contributed by atoms with Crippen molar-refractivity contribution in [2.24, 2.45) is 0 Å². The van der Waals surface area contributed by atoms with E-state index in [0.717, 1.165) is 6.54 Å². The Morgan fingerprint density at radius 3 is 2.17 bits per heavy atom. The molecule has 0 atom stereocenters. The Hall–Kier alpha value is 0.177. The molecule has 0 amide bonds. The molecule has 0 aromatic carbocycles.